The highest BCUT2D eigenvalue weighted by atomic mass is 14.4. The van der Waals surface area contributed by atoms with Crippen molar-refractivity contribution in [3.8, 4) is 11.1 Å². The predicted octanol–water partition coefficient (Wildman–Crippen LogP) is 9.42. The molecule has 2 aromatic rings. The third kappa shape index (κ3) is 4.47. The Kier molecular flexibility index (Phi) is 7.97. The molecule has 0 aromatic heterocycles. The average molecular weight is 395 g/mol. The molecule has 1 aliphatic rings. The van der Waals surface area contributed by atoms with E-state index in [0.29, 0.717) is 0 Å². The molecule has 0 saturated heterocycles. The molecule has 3 rings (SSSR count). The van der Waals surface area contributed by atoms with Crippen molar-refractivity contribution in [1.82, 2.24) is 0 Å². The molecule has 1 aliphatic carbocycles. The Hall–Kier alpha value is -1.56. The molecule has 2 aromatic carbocycles. The van der Waals surface area contributed by atoms with Gasteiger partial charge in [0.15, 0.2) is 0 Å². The number of rotatable bonds is 3. The van der Waals surface area contributed by atoms with Crippen molar-refractivity contribution in [3.05, 3.63) is 58.7 Å². The van der Waals surface area contributed by atoms with Gasteiger partial charge in [-0.3, -0.25) is 0 Å². The zero-order chi connectivity index (χ0) is 21.3. The normalized spacial score (nSPS) is 14.3. The summed E-state index contributed by atoms with van der Waals surface area (Å²) < 4.78 is 0. The van der Waals surface area contributed by atoms with E-state index in [1.165, 1.54) is 41.5 Å². The van der Waals surface area contributed by atoms with Crippen molar-refractivity contribution >= 4 is 0 Å². The molecule has 0 bridgehead atoms. The van der Waals surface area contributed by atoms with Gasteiger partial charge in [-0.15, -0.1) is 0 Å². The number of fused-ring (bicyclic) bond motifs is 3. The summed E-state index contributed by atoms with van der Waals surface area (Å²) in [7, 11) is 0. The van der Waals surface area contributed by atoms with Gasteiger partial charge in [0, 0.05) is 5.41 Å². The van der Waals surface area contributed by atoms with E-state index < -0.39 is 0 Å². The van der Waals surface area contributed by atoms with E-state index in [-0.39, 0.29) is 23.7 Å². The van der Waals surface area contributed by atoms with E-state index in [1.54, 1.807) is 11.1 Å². The molecule has 0 fully saturated rings. The van der Waals surface area contributed by atoms with Gasteiger partial charge in [-0.05, 0) is 57.1 Å². The van der Waals surface area contributed by atoms with Crippen LogP contribution in [0, 0.1) is 0 Å². The van der Waals surface area contributed by atoms with Crippen LogP contribution in [0.3, 0.4) is 0 Å². The summed E-state index contributed by atoms with van der Waals surface area (Å²) in [6, 6.07) is 14.5. The Labute approximate surface area is 182 Å². The quantitative estimate of drug-likeness (QED) is 0.486. The lowest BCUT2D eigenvalue weighted by molar-refractivity contribution is 0.457. The van der Waals surface area contributed by atoms with Crippen LogP contribution in [-0.4, -0.2) is 0 Å². The minimum atomic E-state index is 0. The van der Waals surface area contributed by atoms with Gasteiger partial charge < -0.3 is 0 Å². The summed E-state index contributed by atoms with van der Waals surface area (Å²) in [5.41, 5.74) is 9.50. The van der Waals surface area contributed by atoms with Crippen molar-refractivity contribution < 1.29 is 0 Å². The van der Waals surface area contributed by atoms with Crippen LogP contribution < -0.4 is 0 Å². The second kappa shape index (κ2) is 9.07. The van der Waals surface area contributed by atoms with Crippen LogP contribution in [0.15, 0.2) is 36.4 Å². The Bertz CT molecular complexity index is 745. The van der Waals surface area contributed by atoms with Crippen molar-refractivity contribution in [2.75, 3.05) is 0 Å². The monoisotopic (exact) mass is 394 g/mol. The van der Waals surface area contributed by atoms with Gasteiger partial charge in [-0.2, -0.15) is 0 Å². The number of hydrogen-bond donors (Lipinski definition) is 0. The summed E-state index contributed by atoms with van der Waals surface area (Å²) in [5.74, 6) is 0. The second-order valence-electron chi connectivity index (χ2n) is 10.2. The Morgan fingerprint density at radius 2 is 1.07 bits per heavy atom. The highest BCUT2D eigenvalue weighted by Gasteiger charge is 2.42. The van der Waals surface area contributed by atoms with E-state index in [4.69, 9.17) is 0 Å². The minimum Gasteiger partial charge on any atom is -0.0776 e. The van der Waals surface area contributed by atoms with E-state index >= 15 is 0 Å². The van der Waals surface area contributed by atoms with Crippen LogP contribution in [0.1, 0.15) is 118 Å². The average Bonchev–Trinajstić information content (AvgIpc) is 2.92. The lowest BCUT2D eigenvalue weighted by atomic mass is 9.70. The molecule has 162 valence electrons. The molecule has 0 saturated carbocycles. The third-order valence-electron chi connectivity index (χ3n) is 6.37. The maximum Gasteiger partial charge on any atom is 0.0212 e. The zero-order valence-corrected chi connectivity index (χ0v) is 20.1. The van der Waals surface area contributed by atoms with Gasteiger partial charge in [0.1, 0.15) is 0 Å². The van der Waals surface area contributed by atoms with Crippen LogP contribution in [0.4, 0.5) is 0 Å². The number of hydrogen-bond acceptors (Lipinski definition) is 0. The summed E-state index contributed by atoms with van der Waals surface area (Å²) in [5, 5.41) is 0. The number of benzene rings is 2. The Balaban J connectivity index is 0.00000136. The first-order valence-corrected chi connectivity index (χ1v) is 11.3. The molecule has 0 aliphatic heterocycles. The first kappa shape index (κ1) is 25.5. The first-order chi connectivity index (χ1) is 13.0. The molecule has 0 radical (unpaired) electrons. The lowest BCUT2D eigenvalue weighted by Crippen LogP contribution is -2.25. The SMILES string of the molecule is C.CC.CCCC1(CC)c2cc(C(C)(C)C)ccc2-c2ccc(C(C)(C)C)cc21. The molecule has 0 amide bonds. The van der Waals surface area contributed by atoms with E-state index in [9.17, 15) is 0 Å². The molecule has 0 unspecified atom stereocenters. The first-order valence-electron chi connectivity index (χ1n) is 11.3. The van der Waals surface area contributed by atoms with Crippen molar-refractivity contribution in [3.63, 3.8) is 0 Å². The van der Waals surface area contributed by atoms with E-state index in [2.05, 4.69) is 91.8 Å². The standard InChI is InChI=1S/C26H36.C2H6.CH4/c1-9-15-26(10-2)22-16-18(24(3,4)5)11-13-20(22)21-14-12-19(17-23(21)26)25(6,7)8;1-2;/h11-14,16-17H,9-10,15H2,1-8H3;1-2H3;1H4. The van der Waals surface area contributed by atoms with Gasteiger partial charge in [0.25, 0.3) is 0 Å². The molecule has 0 heteroatoms. The molecule has 0 N–H and O–H groups in total. The van der Waals surface area contributed by atoms with Gasteiger partial charge in [-0.25, -0.2) is 0 Å². The molecular weight excluding hydrogens is 348 g/mol. The molecule has 0 spiro atoms. The fourth-order valence-corrected chi connectivity index (χ4v) is 4.68. The second-order valence-corrected chi connectivity index (χ2v) is 10.2. The fourth-order valence-electron chi connectivity index (χ4n) is 4.68. The Morgan fingerprint density at radius 3 is 1.34 bits per heavy atom. The highest BCUT2D eigenvalue weighted by molar-refractivity contribution is 5.82. The zero-order valence-electron chi connectivity index (χ0n) is 20.1. The minimum absolute atomic E-state index is 0. The van der Waals surface area contributed by atoms with E-state index in [0.717, 1.165) is 0 Å². The molecule has 0 atom stereocenters. The maximum atomic E-state index is 2.52. The van der Waals surface area contributed by atoms with Crippen LogP contribution >= 0.6 is 0 Å². The predicted molar refractivity (Wildman–Crippen MR) is 133 cm³/mol. The molecule has 29 heavy (non-hydrogen) atoms. The van der Waals surface area contributed by atoms with Crippen LogP contribution in [-0.2, 0) is 16.2 Å². The van der Waals surface area contributed by atoms with Gasteiger partial charge in [0.05, 0.1) is 0 Å². The highest BCUT2D eigenvalue weighted by Crippen LogP contribution is 2.54. The lowest BCUT2D eigenvalue weighted by Gasteiger charge is -2.33. The van der Waals surface area contributed by atoms with Crippen molar-refractivity contribution in [2.45, 2.75) is 112 Å². The van der Waals surface area contributed by atoms with Gasteiger partial charge >= 0.3 is 0 Å². The smallest absolute Gasteiger partial charge is 0.0212 e. The van der Waals surface area contributed by atoms with Crippen LogP contribution in [0.25, 0.3) is 11.1 Å². The van der Waals surface area contributed by atoms with E-state index in [1.807, 2.05) is 13.8 Å². The summed E-state index contributed by atoms with van der Waals surface area (Å²) in [6.45, 7) is 22.6. The maximum absolute atomic E-state index is 2.52. The summed E-state index contributed by atoms with van der Waals surface area (Å²) in [6.07, 6.45) is 3.61. The van der Waals surface area contributed by atoms with Gasteiger partial charge in [0.2, 0.25) is 0 Å². The summed E-state index contributed by atoms with van der Waals surface area (Å²) >= 11 is 0. The Morgan fingerprint density at radius 1 is 0.690 bits per heavy atom. The molecule has 0 nitrogen and oxygen atoms in total. The van der Waals surface area contributed by atoms with Crippen molar-refractivity contribution in [2.24, 2.45) is 0 Å². The largest absolute Gasteiger partial charge is 0.0776 e. The third-order valence-corrected chi connectivity index (χ3v) is 6.37. The topological polar surface area (TPSA) is 0 Å². The van der Waals surface area contributed by atoms with Gasteiger partial charge in [-0.1, -0.05) is 119 Å². The van der Waals surface area contributed by atoms with Crippen LogP contribution in [0.5, 0.6) is 0 Å². The van der Waals surface area contributed by atoms with Crippen LogP contribution in [0.2, 0.25) is 0 Å². The molecule has 0 heterocycles. The summed E-state index contributed by atoms with van der Waals surface area (Å²) in [4.78, 5) is 0. The molecular formula is C29H46. The fraction of sp³-hybridized carbons (Fsp3) is 0.586. The van der Waals surface area contributed by atoms with Crippen molar-refractivity contribution in [1.29, 1.82) is 0 Å².